The Labute approximate surface area is 168 Å². The molecule has 142 valence electrons. The first-order valence-corrected chi connectivity index (χ1v) is 9.21. The van der Waals surface area contributed by atoms with Crippen LogP contribution in [0.5, 0.6) is 5.75 Å². The second-order valence-corrected chi connectivity index (χ2v) is 8.01. The number of hydrogen-bond acceptors (Lipinski definition) is 4. The molecule has 1 aliphatic heterocycles. The molecule has 1 unspecified atom stereocenters. The minimum Gasteiger partial charge on any atom is -0.482 e. The molecule has 27 heavy (non-hydrogen) atoms. The summed E-state index contributed by atoms with van der Waals surface area (Å²) in [6, 6.07) is 12.3. The second kappa shape index (κ2) is 7.79. The van der Waals surface area contributed by atoms with Gasteiger partial charge in [0.25, 0.3) is 5.91 Å². The summed E-state index contributed by atoms with van der Waals surface area (Å²) in [6.07, 6.45) is -0.794. The van der Waals surface area contributed by atoms with Gasteiger partial charge < -0.3 is 14.8 Å². The molecule has 0 saturated heterocycles. The standard InChI is InChI=1S/C20H20Cl2N2O3/c1-20(2,3)24-19(25)18-13-6-4-5-7-15(13)23-17(27-18)11-26-16-9-8-12(21)10-14(16)22/h4-10,18H,11H2,1-3H3,(H,24,25). The number of benzene rings is 2. The van der Waals surface area contributed by atoms with Gasteiger partial charge in [0.1, 0.15) is 5.75 Å². The van der Waals surface area contributed by atoms with Crippen molar-refractivity contribution >= 4 is 40.7 Å². The van der Waals surface area contributed by atoms with Gasteiger partial charge in [0.05, 0.1) is 10.7 Å². The zero-order valence-electron chi connectivity index (χ0n) is 15.3. The van der Waals surface area contributed by atoms with Gasteiger partial charge in [-0.3, -0.25) is 4.79 Å². The van der Waals surface area contributed by atoms with E-state index in [0.29, 0.717) is 32.9 Å². The lowest BCUT2D eigenvalue weighted by Crippen LogP contribution is -2.44. The largest absolute Gasteiger partial charge is 0.482 e. The summed E-state index contributed by atoms with van der Waals surface area (Å²) < 4.78 is 11.5. The normalized spacial score (nSPS) is 16.0. The third-order valence-corrected chi connectivity index (χ3v) is 4.23. The van der Waals surface area contributed by atoms with E-state index < -0.39 is 6.10 Å². The summed E-state index contributed by atoms with van der Waals surface area (Å²) in [5.41, 5.74) is 1.02. The third-order valence-electron chi connectivity index (χ3n) is 3.70. The fourth-order valence-electron chi connectivity index (χ4n) is 2.60. The van der Waals surface area contributed by atoms with Crippen molar-refractivity contribution in [1.82, 2.24) is 5.32 Å². The van der Waals surface area contributed by atoms with E-state index in [1.807, 2.05) is 45.0 Å². The van der Waals surface area contributed by atoms with Gasteiger partial charge in [0, 0.05) is 16.1 Å². The molecule has 0 fully saturated rings. The predicted octanol–water partition coefficient (Wildman–Crippen LogP) is 5.09. The van der Waals surface area contributed by atoms with Crippen LogP contribution in [-0.2, 0) is 9.53 Å². The molecule has 0 radical (unpaired) electrons. The highest BCUT2D eigenvalue weighted by Crippen LogP contribution is 2.34. The lowest BCUT2D eigenvalue weighted by atomic mass is 10.0. The summed E-state index contributed by atoms with van der Waals surface area (Å²) in [5, 5.41) is 3.85. The van der Waals surface area contributed by atoms with E-state index in [9.17, 15) is 4.79 Å². The van der Waals surface area contributed by atoms with Crippen LogP contribution >= 0.6 is 23.2 Å². The summed E-state index contributed by atoms with van der Waals surface area (Å²) >= 11 is 12.0. The maximum absolute atomic E-state index is 12.7. The molecule has 2 aromatic carbocycles. The SMILES string of the molecule is CC(C)(C)NC(=O)C1OC(COc2ccc(Cl)cc2Cl)=Nc2ccccc21. The van der Waals surface area contributed by atoms with Gasteiger partial charge in [-0.1, -0.05) is 41.4 Å². The fraction of sp³-hybridized carbons (Fsp3) is 0.300. The highest BCUT2D eigenvalue weighted by Gasteiger charge is 2.32. The number of nitrogens with zero attached hydrogens (tertiary/aromatic N) is 1. The van der Waals surface area contributed by atoms with Crippen LogP contribution in [0.25, 0.3) is 0 Å². The van der Waals surface area contributed by atoms with Crippen molar-refractivity contribution in [2.45, 2.75) is 32.4 Å². The highest BCUT2D eigenvalue weighted by atomic mass is 35.5. The average Bonchev–Trinajstić information content (AvgIpc) is 2.58. The molecule has 3 rings (SSSR count). The molecule has 0 spiro atoms. The minimum absolute atomic E-state index is 0.0367. The molecular weight excluding hydrogens is 387 g/mol. The van der Waals surface area contributed by atoms with Crippen molar-refractivity contribution in [3.63, 3.8) is 0 Å². The van der Waals surface area contributed by atoms with Gasteiger partial charge in [-0.25, -0.2) is 4.99 Å². The summed E-state index contributed by atoms with van der Waals surface area (Å²) in [7, 11) is 0. The predicted molar refractivity (Wildman–Crippen MR) is 107 cm³/mol. The number of fused-ring (bicyclic) bond motifs is 1. The minimum atomic E-state index is -0.794. The number of rotatable bonds is 4. The Bertz CT molecular complexity index is 891. The van der Waals surface area contributed by atoms with E-state index in [-0.39, 0.29) is 18.1 Å². The molecule has 1 atom stereocenters. The van der Waals surface area contributed by atoms with E-state index in [1.165, 1.54) is 0 Å². The van der Waals surface area contributed by atoms with Gasteiger partial charge in [-0.15, -0.1) is 0 Å². The van der Waals surface area contributed by atoms with Crippen LogP contribution < -0.4 is 10.1 Å². The van der Waals surface area contributed by atoms with E-state index in [4.69, 9.17) is 32.7 Å². The summed E-state index contributed by atoms with van der Waals surface area (Å²) in [6.45, 7) is 5.79. The van der Waals surface area contributed by atoms with Gasteiger partial charge in [-0.2, -0.15) is 0 Å². The smallest absolute Gasteiger partial charge is 0.266 e. The zero-order chi connectivity index (χ0) is 19.6. The van der Waals surface area contributed by atoms with Crippen molar-refractivity contribution in [2.75, 3.05) is 6.61 Å². The number of para-hydroxylation sites is 1. The number of hydrogen-bond donors (Lipinski definition) is 1. The van der Waals surface area contributed by atoms with Crippen LogP contribution in [-0.4, -0.2) is 24.0 Å². The lowest BCUT2D eigenvalue weighted by Gasteiger charge is -2.28. The topological polar surface area (TPSA) is 59.9 Å². The Morgan fingerprint density at radius 3 is 2.67 bits per heavy atom. The van der Waals surface area contributed by atoms with Crippen molar-refractivity contribution in [3.05, 3.63) is 58.1 Å². The van der Waals surface area contributed by atoms with Gasteiger partial charge >= 0.3 is 0 Å². The first kappa shape index (κ1) is 19.5. The summed E-state index contributed by atoms with van der Waals surface area (Å²) in [4.78, 5) is 17.2. The zero-order valence-corrected chi connectivity index (χ0v) is 16.8. The molecule has 5 nitrogen and oxygen atoms in total. The van der Waals surface area contributed by atoms with E-state index in [1.54, 1.807) is 18.2 Å². The molecule has 1 amide bonds. The maximum atomic E-state index is 12.7. The Morgan fingerprint density at radius 2 is 1.96 bits per heavy atom. The van der Waals surface area contributed by atoms with Crippen LogP contribution in [0.15, 0.2) is 47.5 Å². The molecule has 0 bridgehead atoms. The van der Waals surface area contributed by atoms with Gasteiger partial charge in [0.15, 0.2) is 6.61 Å². The quantitative estimate of drug-likeness (QED) is 0.768. The first-order chi connectivity index (χ1) is 12.7. The van der Waals surface area contributed by atoms with E-state index in [2.05, 4.69) is 10.3 Å². The molecule has 2 aromatic rings. The molecule has 7 heteroatoms. The maximum Gasteiger partial charge on any atom is 0.266 e. The molecule has 0 saturated carbocycles. The lowest BCUT2D eigenvalue weighted by molar-refractivity contribution is -0.130. The van der Waals surface area contributed by atoms with Gasteiger partial charge in [0.2, 0.25) is 12.0 Å². The molecule has 1 heterocycles. The van der Waals surface area contributed by atoms with Gasteiger partial charge in [-0.05, 0) is 45.0 Å². The Balaban J connectivity index is 1.80. The first-order valence-electron chi connectivity index (χ1n) is 8.46. The van der Waals surface area contributed by atoms with Crippen molar-refractivity contribution < 1.29 is 14.3 Å². The molecule has 1 aliphatic rings. The Hall–Kier alpha value is -2.24. The third kappa shape index (κ3) is 4.93. The van der Waals surface area contributed by atoms with E-state index in [0.717, 1.165) is 0 Å². The Morgan fingerprint density at radius 1 is 1.22 bits per heavy atom. The number of nitrogens with one attached hydrogen (secondary N) is 1. The number of aliphatic imine (C=N–C) groups is 1. The average molecular weight is 407 g/mol. The number of halogens is 2. The molecule has 0 aromatic heterocycles. The summed E-state index contributed by atoms with van der Waals surface area (Å²) in [5.74, 6) is 0.530. The number of carbonyl (C=O) groups excluding carboxylic acids is 1. The number of amides is 1. The van der Waals surface area contributed by atoms with Crippen LogP contribution in [0.2, 0.25) is 10.0 Å². The van der Waals surface area contributed by atoms with Crippen LogP contribution in [0.4, 0.5) is 5.69 Å². The van der Waals surface area contributed by atoms with Crippen molar-refractivity contribution in [1.29, 1.82) is 0 Å². The second-order valence-electron chi connectivity index (χ2n) is 7.16. The number of carbonyl (C=O) groups is 1. The fourth-order valence-corrected chi connectivity index (χ4v) is 3.06. The van der Waals surface area contributed by atoms with Crippen molar-refractivity contribution in [3.8, 4) is 5.75 Å². The Kier molecular flexibility index (Phi) is 5.63. The monoisotopic (exact) mass is 406 g/mol. The van der Waals surface area contributed by atoms with Crippen LogP contribution in [0.1, 0.15) is 32.4 Å². The van der Waals surface area contributed by atoms with E-state index >= 15 is 0 Å². The van der Waals surface area contributed by atoms with Crippen molar-refractivity contribution in [2.24, 2.45) is 4.99 Å². The molecular formula is C20H20Cl2N2O3. The van der Waals surface area contributed by atoms with Crippen LogP contribution in [0.3, 0.4) is 0 Å². The van der Waals surface area contributed by atoms with Crippen LogP contribution in [0, 0.1) is 0 Å². The molecule has 0 aliphatic carbocycles. The molecule has 1 N–H and O–H groups in total. The highest BCUT2D eigenvalue weighted by molar-refractivity contribution is 6.35. The number of ether oxygens (including phenoxy) is 2.